The first-order valence-corrected chi connectivity index (χ1v) is 17.3. The largest absolute Gasteiger partial charge is 0.454 e. The molecule has 6 heteroatoms. The lowest BCUT2D eigenvalue weighted by atomic mass is 9.96. The Morgan fingerprint density at radius 3 is 1.92 bits per heavy atom. The molecule has 3 heterocycles. The zero-order chi connectivity index (χ0) is 34.4. The second-order valence-electron chi connectivity index (χ2n) is 12.9. The number of aliphatic imine (C=N–C) groups is 2. The molecule has 52 heavy (non-hydrogen) atoms. The summed E-state index contributed by atoms with van der Waals surface area (Å²) in [6.07, 6.45) is -0.331. The summed E-state index contributed by atoms with van der Waals surface area (Å²) in [7, 11) is 0. The van der Waals surface area contributed by atoms with E-state index in [1.165, 1.54) is 0 Å². The number of benzene rings is 7. The highest BCUT2D eigenvalue weighted by molar-refractivity contribution is 6.20. The number of aromatic nitrogens is 1. The number of amidine groups is 2. The van der Waals surface area contributed by atoms with E-state index in [1.807, 2.05) is 78.9 Å². The van der Waals surface area contributed by atoms with E-state index in [4.69, 9.17) is 23.8 Å². The minimum absolute atomic E-state index is 0.331. The van der Waals surface area contributed by atoms with Gasteiger partial charge in [0.2, 0.25) is 5.89 Å². The van der Waals surface area contributed by atoms with Gasteiger partial charge in [-0.2, -0.15) is 0 Å². The summed E-state index contributed by atoms with van der Waals surface area (Å²) in [5, 5.41) is 5.47. The smallest absolute Gasteiger partial charge is 0.231 e. The summed E-state index contributed by atoms with van der Waals surface area (Å²) < 4.78 is 13.3. The van der Waals surface area contributed by atoms with Crippen LogP contribution in [-0.4, -0.2) is 16.7 Å². The number of para-hydroxylation sites is 3. The molecule has 2 aromatic heterocycles. The molecule has 246 valence electrons. The molecule has 0 bridgehead atoms. The van der Waals surface area contributed by atoms with Crippen LogP contribution >= 0.6 is 0 Å². The van der Waals surface area contributed by atoms with Crippen LogP contribution in [0.15, 0.2) is 189 Å². The van der Waals surface area contributed by atoms with Crippen molar-refractivity contribution in [1.82, 2.24) is 10.3 Å². The van der Waals surface area contributed by atoms with Gasteiger partial charge in [-0.25, -0.2) is 15.0 Å². The lowest BCUT2D eigenvalue weighted by Crippen LogP contribution is -2.33. The van der Waals surface area contributed by atoms with Crippen molar-refractivity contribution in [3.05, 3.63) is 187 Å². The second-order valence-corrected chi connectivity index (χ2v) is 12.9. The highest BCUT2D eigenvalue weighted by atomic mass is 16.4. The Hall–Kier alpha value is -7.05. The predicted octanol–water partition coefficient (Wildman–Crippen LogP) is 11.2. The molecule has 10 rings (SSSR count). The SMILES string of the molecule is c1ccc(C2=NC(c3cccc4c3oc3c(-c5nc6ccccc6o5)cc(-c5cccc(-c6ccccc6)c5)cc34)=NC(c3ccccc3)N2)cc1. The molecule has 0 radical (unpaired) electrons. The number of oxazole rings is 1. The Morgan fingerprint density at radius 1 is 0.481 bits per heavy atom. The third-order valence-electron chi connectivity index (χ3n) is 9.57. The lowest BCUT2D eigenvalue weighted by Gasteiger charge is -2.23. The minimum atomic E-state index is -0.331. The molecule has 6 nitrogen and oxygen atoms in total. The number of nitrogens with zero attached hydrogens (tertiary/aromatic N) is 3. The number of hydrogen-bond acceptors (Lipinski definition) is 6. The number of fused-ring (bicyclic) bond motifs is 4. The van der Waals surface area contributed by atoms with Gasteiger partial charge in [-0.05, 0) is 64.2 Å². The number of hydrogen-bond donors (Lipinski definition) is 1. The van der Waals surface area contributed by atoms with Crippen molar-refractivity contribution in [3.63, 3.8) is 0 Å². The molecule has 1 unspecified atom stereocenters. The fraction of sp³-hybridized carbons (Fsp3) is 0.0217. The molecule has 0 saturated carbocycles. The molecule has 0 fully saturated rings. The van der Waals surface area contributed by atoms with Crippen molar-refractivity contribution in [2.45, 2.75) is 6.17 Å². The van der Waals surface area contributed by atoms with Gasteiger partial charge in [-0.3, -0.25) is 0 Å². The van der Waals surface area contributed by atoms with Crippen molar-refractivity contribution in [2.75, 3.05) is 0 Å². The summed E-state index contributed by atoms with van der Waals surface area (Å²) in [5.74, 6) is 1.84. The highest BCUT2D eigenvalue weighted by Gasteiger charge is 2.25. The first kappa shape index (κ1) is 29.8. The van der Waals surface area contributed by atoms with Gasteiger partial charge in [0.1, 0.15) is 28.7 Å². The zero-order valence-electron chi connectivity index (χ0n) is 27.9. The zero-order valence-corrected chi connectivity index (χ0v) is 27.9. The molecule has 9 aromatic rings. The number of nitrogens with one attached hydrogen (secondary N) is 1. The fourth-order valence-corrected chi connectivity index (χ4v) is 7.02. The van der Waals surface area contributed by atoms with E-state index >= 15 is 0 Å². The van der Waals surface area contributed by atoms with Crippen LogP contribution in [0.1, 0.15) is 22.9 Å². The number of rotatable bonds is 6. The maximum absolute atomic E-state index is 6.91. The van der Waals surface area contributed by atoms with Gasteiger partial charge >= 0.3 is 0 Å². The van der Waals surface area contributed by atoms with E-state index < -0.39 is 0 Å². The van der Waals surface area contributed by atoms with Crippen LogP contribution in [0.4, 0.5) is 0 Å². The van der Waals surface area contributed by atoms with Crippen LogP contribution in [0.2, 0.25) is 0 Å². The highest BCUT2D eigenvalue weighted by Crippen LogP contribution is 2.42. The standard InChI is InChI=1S/C46H30N4O2/c1-4-14-29(15-5-1)32-20-12-21-33(26-32)34-27-37-35-22-13-23-36(41(35)52-42(37)38(28-34)46-47-39-24-10-11-25-40(39)51-46)45-49-43(30-16-6-2-7-17-30)48-44(50-45)31-18-8-3-9-19-31/h1-28,43H,(H,48,49,50). The summed E-state index contributed by atoms with van der Waals surface area (Å²) in [4.78, 5) is 15.2. The van der Waals surface area contributed by atoms with E-state index in [0.717, 1.165) is 72.2 Å². The maximum Gasteiger partial charge on any atom is 0.231 e. The third-order valence-corrected chi connectivity index (χ3v) is 9.57. The van der Waals surface area contributed by atoms with Crippen molar-refractivity contribution >= 4 is 44.7 Å². The van der Waals surface area contributed by atoms with Gasteiger partial charge in [0.05, 0.1) is 11.1 Å². The monoisotopic (exact) mass is 670 g/mol. The molecule has 0 amide bonds. The first-order valence-electron chi connectivity index (χ1n) is 17.3. The van der Waals surface area contributed by atoms with Crippen molar-refractivity contribution in [2.24, 2.45) is 9.98 Å². The molecule has 0 saturated heterocycles. The quantitative estimate of drug-likeness (QED) is 0.191. The van der Waals surface area contributed by atoms with Crippen LogP contribution in [0.3, 0.4) is 0 Å². The average Bonchev–Trinajstić information content (AvgIpc) is 3.83. The van der Waals surface area contributed by atoms with Gasteiger partial charge in [0.25, 0.3) is 0 Å². The molecule has 1 aliphatic heterocycles. The lowest BCUT2D eigenvalue weighted by molar-refractivity contribution is 0.615. The summed E-state index contributed by atoms with van der Waals surface area (Å²) in [6, 6.07) is 57.8. The van der Waals surface area contributed by atoms with Crippen LogP contribution in [0, 0.1) is 0 Å². The molecule has 0 aliphatic carbocycles. The average molecular weight is 671 g/mol. The Balaban J connectivity index is 1.20. The Morgan fingerprint density at radius 2 is 1.13 bits per heavy atom. The van der Waals surface area contributed by atoms with Gasteiger partial charge in [-0.15, -0.1) is 0 Å². The first-order chi connectivity index (χ1) is 25.7. The summed E-state index contributed by atoms with van der Waals surface area (Å²) >= 11 is 0. The fourth-order valence-electron chi connectivity index (χ4n) is 7.02. The van der Waals surface area contributed by atoms with E-state index in [2.05, 4.69) is 96.3 Å². The molecular weight excluding hydrogens is 641 g/mol. The van der Waals surface area contributed by atoms with Crippen molar-refractivity contribution < 1.29 is 8.83 Å². The predicted molar refractivity (Wildman–Crippen MR) is 209 cm³/mol. The van der Waals surface area contributed by atoms with Crippen LogP contribution in [0.5, 0.6) is 0 Å². The van der Waals surface area contributed by atoms with Crippen molar-refractivity contribution in [3.8, 4) is 33.7 Å². The van der Waals surface area contributed by atoms with Gasteiger partial charge < -0.3 is 14.2 Å². The topological polar surface area (TPSA) is 75.9 Å². The van der Waals surface area contributed by atoms with Crippen LogP contribution in [-0.2, 0) is 0 Å². The molecular formula is C46H30N4O2. The summed E-state index contributed by atoms with van der Waals surface area (Å²) in [6.45, 7) is 0. The van der Waals surface area contributed by atoms with Gasteiger partial charge in [0, 0.05) is 16.3 Å². The van der Waals surface area contributed by atoms with E-state index in [0.29, 0.717) is 22.9 Å². The molecule has 0 spiro atoms. The normalized spacial score (nSPS) is 14.3. The van der Waals surface area contributed by atoms with E-state index in [9.17, 15) is 0 Å². The van der Waals surface area contributed by atoms with Gasteiger partial charge in [-0.1, -0.05) is 133 Å². The second kappa shape index (κ2) is 12.4. The van der Waals surface area contributed by atoms with Crippen LogP contribution in [0.25, 0.3) is 66.7 Å². The van der Waals surface area contributed by atoms with Gasteiger partial charge in [0.15, 0.2) is 11.4 Å². The Kier molecular flexibility index (Phi) is 7.10. The summed E-state index contributed by atoms with van der Waals surface area (Å²) in [5.41, 5.74) is 10.9. The minimum Gasteiger partial charge on any atom is -0.454 e. The van der Waals surface area contributed by atoms with Crippen LogP contribution < -0.4 is 5.32 Å². The number of furan rings is 1. The molecule has 1 atom stereocenters. The Bertz CT molecular complexity index is 2780. The van der Waals surface area contributed by atoms with E-state index in [-0.39, 0.29) is 6.17 Å². The molecule has 1 N–H and O–H groups in total. The maximum atomic E-state index is 6.91. The molecule has 1 aliphatic rings. The Labute approximate surface area is 299 Å². The van der Waals surface area contributed by atoms with E-state index in [1.54, 1.807) is 0 Å². The van der Waals surface area contributed by atoms with Crippen molar-refractivity contribution in [1.29, 1.82) is 0 Å². The molecule has 7 aromatic carbocycles. The third kappa shape index (κ3) is 5.25.